The summed E-state index contributed by atoms with van der Waals surface area (Å²) in [6, 6.07) is 22.7. The average molecular weight is 565 g/mol. The fourth-order valence-corrected chi connectivity index (χ4v) is 5.35. The number of aromatic amines is 1. The zero-order valence-corrected chi connectivity index (χ0v) is 22.7. The number of benzene rings is 3. The molecule has 6 rings (SSSR count). The topological polar surface area (TPSA) is 153 Å². The minimum atomic E-state index is -1.28. The summed E-state index contributed by atoms with van der Waals surface area (Å²) in [5.74, 6) is 0.157. The molecule has 1 fully saturated rings. The molecule has 5 aromatic rings. The Bertz CT molecular complexity index is 1760. The normalized spacial score (nSPS) is 15.5. The minimum absolute atomic E-state index is 0.121. The third-order valence-electron chi connectivity index (χ3n) is 7.29. The van der Waals surface area contributed by atoms with E-state index in [4.69, 9.17) is 4.42 Å². The van der Waals surface area contributed by atoms with Crippen molar-refractivity contribution in [2.75, 3.05) is 11.9 Å². The van der Waals surface area contributed by atoms with E-state index in [2.05, 4.69) is 25.8 Å². The van der Waals surface area contributed by atoms with Gasteiger partial charge in [0.25, 0.3) is 5.91 Å². The van der Waals surface area contributed by atoms with Gasteiger partial charge in [-0.3, -0.25) is 9.59 Å². The zero-order valence-electron chi connectivity index (χ0n) is 22.7. The summed E-state index contributed by atoms with van der Waals surface area (Å²) in [5, 5.41) is 24.0. The van der Waals surface area contributed by atoms with Crippen molar-refractivity contribution in [2.45, 2.75) is 31.8 Å². The number of hydrogen-bond donors (Lipinski definition) is 4. The second kappa shape index (κ2) is 11.2. The molecule has 4 N–H and O–H groups in total. The molecule has 0 aliphatic carbocycles. The fourth-order valence-electron chi connectivity index (χ4n) is 5.35. The van der Waals surface area contributed by atoms with Crippen LogP contribution in [0.4, 0.5) is 10.5 Å². The van der Waals surface area contributed by atoms with Crippen LogP contribution in [-0.4, -0.2) is 49.6 Å². The lowest BCUT2D eigenvalue weighted by atomic mass is 10.1. The van der Waals surface area contributed by atoms with Gasteiger partial charge in [-0.15, -0.1) is 10.2 Å². The van der Waals surface area contributed by atoms with Gasteiger partial charge in [-0.05, 0) is 60.4 Å². The van der Waals surface area contributed by atoms with E-state index < -0.39 is 18.2 Å². The van der Waals surface area contributed by atoms with Crippen LogP contribution in [0.15, 0.2) is 83.3 Å². The number of nitrogens with one attached hydrogen (secondary N) is 3. The Morgan fingerprint density at radius 1 is 1.00 bits per heavy atom. The second-order valence-electron chi connectivity index (χ2n) is 10.2. The highest BCUT2D eigenvalue weighted by Crippen LogP contribution is 2.35. The van der Waals surface area contributed by atoms with Crippen LogP contribution in [0.2, 0.25) is 0 Å². The Morgan fingerprint density at radius 2 is 1.76 bits per heavy atom. The predicted molar refractivity (Wildman–Crippen MR) is 155 cm³/mol. The van der Waals surface area contributed by atoms with Gasteiger partial charge < -0.3 is 30.0 Å². The van der Waals surface area contributed by atoms with Crippen molar-refractivity contribution in [2.24, 2.45) is 0 Å². The molecule has 0 saturated carbocycles. The van der Waals surface area contributed by atoms with Crippen LogP contribution in [0.25, 0.3) is 33.6 Å². The largest absolute Gasteiger partial charge is 0.465 e. The Kier molecular flexibility index (Phi) is 7.14. The number of amides is 3. The molecule has 1 aliphatic rings. The molecule has 11 nitrogen and oxygen atoms in total. The quantitative estimate of drug-likeness (QED) is 0.203. The Balaban J connectivity index is 1.22. The highest BCUT2D eigenvalue weighted by atomic mass is 16.4. The molecule has 2 aromatic heterocycles. The number of likely N-dealkylation sites (tertiary alicyclic amines) is 1. The van der Waals surface area contributed by atoms with E-state index in [0.29, 0.717) is 30.3 Å². The molecule has 0 radical (unpaired) electrons. The number of rotatable bonds is 7. The number of fused-ring (bicyclic) bond motifs is 1. The molecule has 3 aromatic carbocycles. The highest BCUT2D eigenvalue weighted by Gasteiger charge is 2.38. The van der Waals surface area contributed by atoms with Crippen LogP contribution in [0.3, 0.4) is 0 Å². The molecule has 0 spiro atoms. The average Bonchev–Trinajstić information content (AvgIpc) is 3.75. The summed E-state index contributed by atoms with van der Waals surface area (Å²) in [7, 11) is 0. The third kappa shape index (κ3) is 5.44. The van der Waals surface area contributed by atoms with Gasteiger partial charge in [0.1, 0.15) is 12.1 Å². The first-order valence-electron chi connectivity index (χ1n) is 13.5. The maximum Gasteiger partial charge on any atom is 0.405 e. The highest BCUT2D eigenvalue weighted by molar-refractivity contribution is 5.91. The molecule has 1 aliphatic heterocycles. The summed E-state index contributed by atoms with van der Waals surface area (Å²) in [4.78, 5) is 41.4. The molecular weight excluding hydrogens is 536 g/mol. The summed E-state index contributed by atoms with van der Waals surface area (Å²) >= 11 is 0. The van der Waals surface area contributed by atoms with Crippen molar-refractivity contribution in [1.82, 2.24) is 25.4 Å². The molecule has 212 valence electrons. The van der Waals surface area contributed by atoms with Gasteiger partial charge >= 0.3 is 6.09 Å². The predicted octanol–water partition coefficient (Wildman–Crippen LogP) is 5.52. The van der Waals surface area contributed by atoms with Crippen molar-refractivity contribution >= 4 is 34.5 Å². The van der Waals surface area contributed by atoms with Gasteiger partial charge in [0.2, 0.25) is 17.7 Å². The van der Waals surface area contributed by atoms with E-state index in [0.717, 1.165) is 39.8 Å². The summed E-state index contributed by atoms with van der Waals surface area (Å²) < 4.78 is 6.09. The Morgan fingerprint density at radius 3 is 2.50 bits per heavy atom. The number of carbonyl (C=O) groups is 3. The van der Waals surface area contributed by atoms with Gasteiger partial charge in [-0.2, -0.15) is 0 Å². The molecule has 42 heavy (non-hydrogen) atoms. The van der Waals surface area contributed by atoms with Gasteiger partial charge in [0.15, 0.2) is 0 Å². The van der Waals surface area contributed by atoms with Crippen molar-refractivity contribution < 1.29 is 23.9 Å². The number of anilines is 1. The monoisotopic (exact) mass is 564 g/mol. The molecule has 1 saturated heterocycles. The SMILES string of the molecule is CC(=O)Nc1ccc(-c2cc3cc(-c4nnc([C@@H]5CCCN5C(=O)[C@H](NC(=O)O)c5ccccc5)o4)ccc3[nH]2)cc1. The summed E-state index contributed by atoms with van der Waals surface area (Å²) in [5.41, 5.74) is 4.85. The lowest BCUT2D eigenvalue weighted by molar-refractivity contribution is -0.134. The number of nitrogens with zero attached hydrogens (tertiary/aromatic N) is 3. The molecule has 0 bridgehead atoms. The number of carboxylic acid groups (broad SMARTS) is 1. The van der Waals surface area contributed by atoms with E-state index in [1.54, 1.807) is 29.2 Å². The first-order chi connectivity index (χ1) is 20.4. The lowest BCUT2D eigenvalue weighted by Crippen LogP contribution is -2.42. The van der Waals surface area contributed by atoms with E-state index in [-0.39, 0.29) is 11.8 Å². The van der Waals surface area contributed by atoms with Gasteiger partial charge in [-0.1, -0.05) is 42.5 Å². The molecule has 2 atom stereocenters. The van der Waals surface area contributed by atoms with Crippen LogP contribution in [0.1, 0.15) is 43.3 Å². The standard InChI is InChI=1S/C31H28N6O5/c1-18(38)32-23-12-9-19(10-13-23)25-17-22-16-21(11-14-24(22)33-25)28-35-36-29(42-28)26-8-5-15-37(26)30(39)27(34-31(40)41)20-6-3-2-4-7-20/h2-4,6-7,9-14,16-17,26-27,33-34H,5,8,15H2,1H3,(H,32,38)(H,40,41)/t26-,27+/m0/s1. The first-order valence-corrected chi connectivity index (χ1v) is 13.5. The van der Waals surface area contributed by atoms with Crippen molar-refractivity contribution in [1.29, 1.82) is 0 Å². The number of hydrogen-bond acceptors (Lipinski definition) is 6. The molecule has 3 amide bonds. The van der Waals surface area contributed by atoms with Gasteiger partial charge in [0, 0.05) is 41.3 Å². The lowest BCUT2D eigenvalue weighted by Gasteiger charge is -2.27. The number of aromatic nitrogens is 3. The van der Waals surface area contributed by atoms with Crippen LogP contribution < -0.4 is 10.6 Å². The van der Waals surface area contributed by atoms with Crippen LogP contribution >= 0.6 is 0 Å². The molecule has 11 heteroatoms. The number of H-pyrrole nitrogens is 1. The minimum Gasteiger partial charge on any atom is -0.465 e. The number of carbonyl (C=O) groups excluding carboxylic acids is 2. The molecular formula is C31H28N6O5. The van der Waals surface area contributed by atoms with Crippen molar-refractivity contribution in [3.63, 3.8) is 0 Å². The third-order valence-corrected chi connectivity index (χ3v) is 7.29. The smallest absolute Gasteiger partial charge is 0.405 e. The summed E-state index contributed by atoms with van der Waals surface area (Å²) in [6.07, 6.45) is 0.0773. The van der Waals surface area contributed by atoms with Crippen molar-refractivity contribution in [3.05, 3.63) is 90.3 Å². The first kappa shape index (κ1) is 26.8. The second-order valence-corrected chi connectivity index (χ2v) is 10.2. The van der Waals surface area contributed by atoms with Gasteiger partial charge in [0.05, 0.1) is 0 Å². The van der Waals surface area contributed by atoms with Crippen molar-refractivity contribution in [3.8, 4) is 22.7 Å². The Hall–Kier alpha value is -5.45. The van der Waals surface area contributed by atoms with E-state index >= 15 is 0 Å². The molecule has 3 heterocycles. The maximum absolute atomic E-state index is 13.6. The van der Waals surface area contributed by atoms with Gasteiger partial charge in [-0.25, -0.2) is 4.79 Å². The Labute approximate surface area is 240 Å². The van der Waals surface area contributed by atoms with E-state index in [9.17, 15) is 19.5 Å². The molecule has 0 unspecified atom stereocenters. The summed E-state index contributed by atoms with van der Waals surface area (Å²) in [6.45, 7) is 1.93. The van der Waals surface area contributed by atoms with Crippen LogP contribution in [-0.2, 0) is 9.59 Å². The van der Waals surface area contributed by atoms with Crippen LogP contribution in [0.5, 0.6) is 0 Å². The maximum atomic E-state index is 13.6. The zero-order chi connectivity index (χ0) is 29.2. The van der Waals surface area contributed by atoms with Crippen LogP contribution in [0, 0.1) is 0 Å². The van der Waals surface area contributed by atoms with E-state index in [1.807, 2.05) is 54.6 Å². The fraction of sp³-hybridized carbons (Fsp3) is 0.194. The van der Waals surface area contributed by atoms with E-state index in [1.165, 1.54) is 6.92 Å².